The molecule has 1 aromatic rings. The Balaban J connectivity index is 2.16. The number of hydrogen-bond donors (Lipinski definition) is 0. The van der Waals surface area contributed by atoms with E-state index in [1.807, 2.05) is 31.2 Å². The number of aldehydes is 1. The van der Waals surface area contributed by atoms with Crippen LogP contribution >= 0.6 is 0 Å². The van der Waals surface area contributed by atoms with Crippen molar-refractivity contribution in [3.63, 3.8) is 0 Å². The fourth-order valence-electron chi connectivity index (χ4n) is 2.24. The summed E-state index contributed by atoms with van der Waals surface area (Å²) in [6, 6.07) is 7.46. The Hall–Kier alpha value is -2.17. The third-order valence-electron chi connectivity index (χ3n) is 3.66. The minimum Gasteiger partial charge on any atom is -0.336 e. The van der Waals surface area contributed by atoms with Crippen molar-refractivity contribution in [3.8, 4) is 0 Å². The summed E-state index contributed by atoms with van der Waals surface area (Å²) in [5.41, 5.74) is 1.77. The highest BCUT2D eigenvalue weighted by Crippen LogP contribution is 2.23. The van der Waals surface area contributed by atoms with E-state index >= 15 is 0 Å². The average molecular weight is 274 g/mol. The molecule has 5 heteroatoms. The van der Waals surface area contributed by atoms with Crippen LogP contribution in [0.5, 0.6) is 0 Å². The molecular weight excluding hydrogens is 256 g/mol. The lowest BCUT2D eigenvalue weighted by atomic mass is 9.98. The van der Waals surface area contributed by atoms with Gasteiger partial charge in [-0.05, 0) is 23.6 Å². The van der Waals surface area contributed by atoms with Gasteiger partial charge in [0.15, 0.2) is 0 Å². The van der Waals surface area contributed by atoms with Crippen LogP contribution in [0.1, 0.15) is 24.8 Å². The standard InChI is InChI=1S/C15H18N2O3/c1-11(7-10-18)12-3-5-13(6-4-12)17-9-8-16(2)14(19)15(17)20/h3-6,10-11H,7-9H2,1-2H3. The maximum atomic E-state index is 11.9. The van der Waals surface area contributed by atoms with Gasteiger partial charge in [-0.25, -0.2) is 0 Å². The molecule has 1 heterocycles. The second kappa shape index (κ2) is 5.86. The number of likely N-dealkylation sites (N-methyl/N-ethyl adjacent to an activating group) is 1. The number of carbonyl (C=O) groups is 3. The molecule has 1 aliphatic heterocycles. The van der Waals surface area contributed by atoms with E-state index in [1.54, 1.807) is 7.05 Å². The molecule has 1 fully saturated rings. The zero-order valence-electron chi connectivity index (χ0n) is 11.7. The van der Waals surface area contributed by atoms with Crippen molar-refractivity contribution in [3.05, 3.63) is 29.8 Å². The molecule has 106 valence electrons. The third kappa shape index (κ3) is 2.71. The van der Waals surface area contributed by atoms with Gasteiger partial charge in [-0.1, -0.05) is 19.1 Å². The summed E-state index contributed by atoms with van der Waals surface area (Å²) in [7, 11) is 1.63. The number of rotatable bonds is 4. The number of carbonyl (C=O) groups excluding carboxylic acids is 3. The SMILES string of the molecule is CC(CC=O)c1ccc(N2CCN(C)C(=O)C2=O)cc1. The van der Waals surface area contributed by atoms with Crippen LogP contribution < -0.4 is 4.90 Å². The second-order valence-corrected chi connectivity index (χ2v) is 5.08. The fourth-order valence-corrected chi connectivity index (χ4v) is 2.24. The Bertz CT molecular complexity index is 524. The van der Waals surface area contributed by atoms with Gasteiger partial charge in [0.1, 0.15) is 6.29 Å². The maximum absolute atomic E-state index is 11.9. The van der Waals surface area contributed by atoms with Crippen LogP contribution in [0.15, 0.2) is 24.3 Å². The van der Waals surface area contributed by atoms with Crippen LogP contribution in [0, 0.1) is 0 Å². The maximum Gasteiger partial charge on any atom is 0.316 e. The number of anilines is 1. The topological polar surface area (TPSA) is 57.7 Å². The Morgan fingerprint density at radius 3 is 2.40 bits per heavy atom. The lowest BCUT2D eigenvalue weighted by Crippen LogP contribution is -2.53. The molecule has 1 aromatic carbocycles. The van der Waals surface area contributed by atoms with Crippen molar-refractivity contribution in [2.45, 2.75) is 19.3 Å². The highest BCUT2D eigenvalue weighted by atomic mass is 16.2. The molecule has 0 spiro atoms. The minimum absolute atomic E-state index is 0.159. The molecule has 0 saturated carbocycles. The number of nitrogens with zero attached hydrogens (tertiary/aromatic N) is 2. The van der Waals surface area contributed by atoms with Gasteiger partial charge >= 0.3 is 11.8 Å². The minimum atomic E-state index is -0.493. The van der Waals surface area contributed by atoms with E-state index in [9.17, 15) is 14.4 Å². The summed E-state index contributed by atoms with van der Waals surface area (Å²) in [5.74, 6) is -0.812. The van der Waals surface area contributed by atoms with Crippen LogP contribution in [0.25, 0.3) is 0 Å². The van der Waals surface area contributed by atoms with Crippen molar-refractivity contribution in [1.82, 2.24) is 4.90 Å². The summed E-state index contributed by atoms with van der Waals surface area (Å²) < 4.78 is 0. The molecule has 0 N–H and O–H groups in total. The first-order valence-corrected chi connectivity index (χ1v) is 6.65. The normalized spacial score (nSPS) is 17.3. The van der Waals surface area contributed by atoms with E-state index in [0.717, 1.165) is 17.5 Å². The van der Waals surface area contributed by atoms with Gasteiger partial charge in [0.2, 0.25) is 0 Å². The average Bonchev–Trinajstić information content (AvgIpc) is 2.45. The van der Waals surface area contributed by atoms with Crippen molar-refractivity contribution in [2.24, 2.45) is 0 Å². The van der Waals surface area contributed by atoms with Crippen LogP contribution in [0.2, 0.25) is 0 Å². The number of piperazine rings is 1. The lowest BCUT2D eigenvalue weighted by Gasteiger charge is -2.31. The Labute approximate surface area is 118 Å². The summed E-state index contributed by atoms with van der Waals surface area (Å²) in [6.45, 7) is 3.02. The molecule has 20 heavy (non-hydrogen) atoms. The van der Waals surface area contributed by atoms with Gasteiger partial charge in [-0.15, -0.1) is 0 Å². The van der Waals surface area contributed by atoms with Crippen molar-refractivity contribution in [1.29, 1.82) is 0 Å². The van der Waals surface area contributed by atoms with Crippen LogP contribution in [-0.2, 0) is 14.4 Å². The van der Waals surface area contributed by atoms with E-state index in [-0.39, 0.29) is 5.92 Å². The predicted octanol–water partition coefficient (Wildman–Crippen LogP) is 1.18. The zero-order chi connectivity index (χ0) is 14.7. The predicted molar refractivity (Wildman–Crippen MR) is 75.5 cm³/mol. The van der Waals surface area contributed by atoms with E-state index in [1.165, 1.54) is 9.80 Å². The first-order valence-electron chi connectivity index (χ1n) is 6.65. The van der Waals surface area contributed by atoms with Gasteiger partial charge in [-0.2, -0.15) is 0 Å². The second-order valence-electron chi connectivity index (χ2n) is 5.08. The van der Waals surface area contributed by atoms with Crippen molar-refractivity contribution < 1.29 is 14.4 Å². The first kappa shape index (κ1) is 14.2. The number of benzene rings is 1. The van der Waals surface area contributed by atoms with E-state index in [0.29, 0.717) is 19.5 Å². The monoisotopic (exact) mass is 274 g/mol. The quantitative estimate of drug-likeness (QED) is 0.612. The summed E-state index contributed by atoms with van der Waals surface area (Å²) in [5, 5.41) is 0. The zero-order valence-corrected chi connectivity index (χ0v) is 11.7. The molecule has 1 unspecified atom stereocenters. The van der Waals surface area contributed by atoms with Gasteiger partial charge in [-0.3, -0.25) is 9.59 Å². The van der Waals surface area contributed by atoms with Crippen LogP contribution in [0.3, 0.4) is 0 Å². The molecule has 0 aliphatic carbocycles. The van der Waals surface area contributed by atoms with Crippen LogP contribution in [-0.4, -0.2) is 43.1 Å². The fraction of sp³-hybridized carbons (Fsp3) is 0.400. The Morgan fingerprint density at radius 1 is 1.15 bits per heavy atom. The highest BCUT2D eigenvalue weighted by Gasteiger charge is 2.31. The van der Waals surface area contributed by atoms with E-state index < -0.39 is 11.8 Å². The van der Waals surface area contributed by atoms with Crippen LogP contribution in [0.4, 0.5) is 5.69 Å². The number of amides is 2. The molecular formula is C15H18N2O3. The molecule has 1 aliphatic rings. The molecule has 2 rings (SSSR count). The lowest BCUT2D eigenvalue weighted by molar-refractivity contribution is -0.145. The third-order valence-corrected chi connectivity index (χ3v) is 3.66. The Kier molecular flexibility index (Phi) is 4.17. The van der Waals surface area contributed by atoms with Crippen molar-refractivity contribution in [2.75, 3.05) is 25.0 Å². The van der Waals surface area contributed by atoms with Crippen molar-refractivity contribution >= 4 is 23.8 Å². The van der Waals surface area contributed by atoms with E-state index in [2.05, 4.69) is 0 Å². The smallest absolute Gasteiger partial charge is 0.316 e. The molecule has 0 radical (unpaired) electrons. The summed E-state index contributed by atoms with van der Waals surface area (Å²) >= 11 is 0. The molecule has 5 nitrogen and oxygen atoms in total. The molecule has 1 atom stereocenters. The molecule has 1 saturated heterocycles. The summed E-state index contributed by atoms with van der Waals surface area (Å²) in [6.07, 6.45) is 1.38. The molecule has 2 amide bonds. The van der Waals surface area contributed by atoms with Gasteiger partial charge in [0.05, 0.1) is 0 Å². The van der Waals surface area contributed by atoms with Gasteiger partial charge < -0.3 is 14.6 Å². The highest BCUT2D eigenvalue weighted by molar-refractivity contribution is 6.40. The van der Waals surface area contributed by atoms with Gasteiger partial charge in [0, 0.05) is 32.2 Å². The molecule has 0 aromatic heterocycles. The van der Waals surface area contributed by atoms with Gasteiger partial charge in [0.25, 0.3) is 0 Å². The number of hydrogen-bond acceptors (Lipinski definition) is 3. The summed E-state index contributed by atoms with van der Waals surface area (Å²) in [4.78, 5) is 37.1. The largest absolute Gasteiger partial charge is 0.336 e. The first-order chi connectivity index (χ1) is 9.54. The van der Waals surface area contributed by atoms with E-state index in [4.69, 9.17) is 0 Å². The Morgan fingerprint density at radius 2 is 1.80 bits per heavy atom. The molecule has 0 bridgehead atoms.